The molecule has 1 fully saturated rings. The summed E-state index contributed by atoms with van der Waals surface area (Å²) in [6.07, 6.45) is 2.39. The van der Waals surface area contributed by atoms with E-state index in [1.165, 1.54) is 12.3 Å². The van der Waals surface area contributed by atoms with Gasteiger partial charge in [-0.1, -0.05) is 17.7 Å². The number of hydrogen-bond acceptors (Lipinski definition) is 8. The van der Waals surface area contributed by atoms with E-state index in [9.17, 15) is 13.2 Å². The van der Waals surface area contributed by atoms with Crippen molar-refractivity contribution in [2.75, 3.05) is 61.8 Å². The number of rotatable bonds is 10. The van der Waals surface area contributed by atoms with Crippen LogP contribution < -0.4 is 20.7 Å². The Morgan fingerprint density at radius 2 is 1.94 bits per heavy atom. The molecule has 174 valence electrons. The minimum atomic E-state index is -3.63. The number of benzene rings is 1. The number of halogens is 1. The van der Waals surface area contributed by atoms with Crippen LogP contribution in [0.4, 0.5) is 11.6 Å². The zero-order valence-electron chi connectivity index (χ0n) is 17.7. The van der Waals surface area contributed by atoms with Crippen molar-refractivity contribution in [1.82, 2.24) is 20.2 Å². The summed E-state index contributed by atoms with van der Waals surface area (Å²) in [5, 5.41) is 11.3. The Morgan fingerprint density at radius 1 is 1.16 bits per heavy atom. The van der Waals surface area contributed by atoms with Gasteiger partial charge in [-0.15, -0.1) is 0 Å². The Hall–Kier alpha value is -2.47. The van der Waals surface area contributed by atoms with Crippen molar-refractivity contribution in [3.63, 3.8) is 0 Å². The molecule has 0 bridgehead atoms. The number of piperazine rings is 1. The number of nitrogens with zero attached hydrogens (tertiary/aromatic N) is 4. The molecule has 0 saturated carbocycles. The third kappa shape index (κ3) is 7.90. The van der Waals surface area contributed by atoms with Crippen molar-refractivity contribution in [2.45, 2.75) is 6.42 Å². The zero-order valence-corrected chi connectivity index (χ0v) is 19.3. The van der Waals surface area contributed by atoms with Gasteiger partial charge >= 0.3 is 0 Å². The molecule has 1 amide bonds. The highest BCUT2D eigenvalue weighted by molar-refractivity contribution is 7.89. The smallest absolute Gasteiger partial charge is 0.270 e. The number of anilines is 2. The molecule has 1 saturated heterocycles. The number of amides is 1. The summed E-state index contributed by atoms with van der Waals surface area (Å²) in [6, 6.07) is 9.40. The fraction of sp³-hybridized carbons (Fsp3) is 0.450. The molecule has 0 spiro atoms. The molecule has 1 aliphatic rings. The molecule has 10 nitrogen and oxygen atoms in total. The Bertz CT molecular complexity index is 1010. The molecule has 0 aliphatic carbocycles. The SMILES string of the molecule is NS(=O)(=O)CCNC(=O)c1ccnc(NCCCN2CCN(c3cccc(Cl)c3)CC2)n1. The lowest BCUT2D eigenvalue weighted by molar-refractivity contribution is 0.0951. The number of nitrogens with two attached hydrogens (primary N) is 1. The lowest BCUT2D eigenvalue weighted by atomic mass is 10.2. The first-order valence-electron chi connectivity index (χ1n) is 10.4. The Labute approximate surface area is 193 Å². The largest absolute Gasteiger partial charge is 0.369 e. The second-order valence-electron chi connectivity index (χ2n) is 7.48. The molecule has 0 radical (unpaired) electrons. The Balaban J connectivity index is 1.36. The zero-order chi connectivity index (χ0) is 23.0. The molecule has 1 aromatic carbocycles. The molecule has 1 aromatic heterocycles. The second kappa shape index (κ2) is 11.4. The van der Waals surface area contributed by atoms with Crippen molar-refractivity contribution in [1.29, 1.82) is 0 Å². The summed E-state index contributed by atoms with van der Waals surface area (Å²) in [5.74, 6) is -0.450. The molecule has 2 heterocycles. The summed E-state index contributed by atoms with van der Waals surface area (Å²) >= 11 is 6.09. The van der Waals surface area contributed by atoms with Gasteiger partial charge in [-0.05, 0) is 37.2 Å². The van der Waals surface area contributed by atoms with E-state index in [0.717, 1.165) is 49.9 Å². The minimum absolute atomic E-state index is 0.0744. The van der Waals surface area contributed by atoms with E-state index < -0.39 is 15.9 Å². The first-order chi connectivity index (χ1) is 15.3. The van der Waals surface area contributed by atoms with Crippen LogP contribution in [-0.4, -0.2) is 80.8 Å². The van der Waals surface area contributed by atoms with E-state index in [2.05, 4.69) is 36.5 Å². The second-order valence-corrected chi connectivity index (χ2v) is 9.65. The van der Waals surface area contributed by atoms with Crippen LogP contribution in [0, 0.1) is 0 Å². The maximum atomic E-state index is 12.1. The highest BCUT2D eigenvalue weighted by atomic mass is 35.5. The highest BCUT2D eigenvalue weighted by Crippen LogP contribution is 2.20. The van der Waals surface area contributed by atoms with Gasteiger partial charge in [-0.2, -0.15) is 0 Å². The van der Waals surface area contributed by atoms with Crippen LogP contribution in [-0.2, 0) is 10.0 Å². The number of nitrogens with one attached hydrogen (secondary N) is 2. The summed E-state index contributed by atoms with van der Waals surface area (Å²) in [5.41, 5.74) is 1.32. The monoisotopic (exact) mass is 481 g/mol. The van der Waals surface area contributed by atoms with E-state index >= 15 is 0 Å². The molecule has 12 heteroatoms. The van der Waals surface area contributed by atoms with Crippen LogP contribution in [0.2, 0.25) is 5.02 Å². The summed E-state index contributed by atoms with van der Waals surface area (Å²) in [7, 11) is -3.63. The standard InChI is InChI=1S/C20H28ClN7O3S/c21-16-3-1-4-17(15-16)28-12-10-27(11-13-28)9-2-6-24-20-25-7-5-18(26-20)19(29)23-8-14-32(22,30)31/h1,3-5,7,15H,2,6,8-14H2,(H,23,29)(H2,22,30,31)(H,24,25,26). The lowest BCUT2D eigenvalue weighted by Gasteiger charge is -2.36. The average Bonchev–Trinajstić information content (AvgIpc) is 2.76. The van der Waals surface area contributed by atoms with Crippen LogP contribution in [0.1, 0.15) is 16.9 Å². The van der Waals surface area contributed by atoms with E-state index in [-0.39, 0.29) is 18.0 Å². The van der Waals surface area contributed by atoms with Crippen molar-refractivity contribution in [3.8, 4) is 0 Å². The third-order valence-electron chi connectivity index (χ3n) is 5.04. The predicted molar refractivity (Wildman–Crippen MR) is 126 cm³/mol. The normalized spacial score (nSPS) is 14.9. The summed E-state index contributed by atoms with van der Waals surface area (Å²) in [6.45, 7) is 5.43. The number of primary sulfonamides is 1. The molecule has 32 heavy (non-hydrogen) atoms. The van der Waals surface area contributed by atoms with Gasteiger partial charge in [0.15, 0.2) is 0 Å². The van der Waals surface area contributed by atoms with Crippen LogP contribution in [0.3, 0.4) is 0 Å². The lowest BCUT2D eigenvalue weighted by Crippen LogP contribution is -2.46. The predicted octanol–water partition coefficient (Wildman–Crippen LogP) is 0.773. The van der Waals surface area contributed by atoms with Gasteiger partial charge in [0.05, 0.1) is 5.75 Å². The van der Waals surface area contributed by atoms with Crippen molar-refractivity contribution < 1.29 is 13.2 Å². The molecular formula is C20H28ClN7O3S. The summed E-state index contributed by atoms with van der Waals surface area (Å²) < 4.78 is 21.9. The number of carbonyl (C=O) groups excluding carboxylic acids is 1. The first kappa shape index (κ1) is 24.2. The van der Waals surface area contributed by atoms with Crippen LogP contribution in [0.15, 0.2) is 36.5 Å². The van der Waals surface area contributed by atoms with Crippen molar-refractivity contribution >= 4 is 39.2 Å². The highest BCUT2D eigenvalue weighted by Gasteiger charge is 2.17. The fourth-order valence-corrected chi connectivity index (χ4v) is 3.94. The molecule has 2 aromatic rings. The fourth-order valence-electron chi connectivity index (χ4n) is 3.37. The van der Waals surface area contributed by atoms with Crippen LogP contribution in [0.5, 0.6) is 0 Å². The van der Waals surface area contributed by atoms with Crippen LogP contribution in [0.25, 0.3) is 0 Å². The van der Waals surface area contributed by atoms with E-state index in [0.29, 0.717) is 12.5 Å². The molecular weight excluding hydrogens is 454 g/mol. The molecule has 0 unspecified atom stereocenters. The topological polar surface area (TPSA) is 134 Å². The maximum absolute atomic E-state index is 12.1. The van der Waals surface area contributed by atoms with Gasteiger partial charge in [-0.3, -0.25) is 9.69 Å². The van der Waals surface area contributed by atoms with Gasteiger partial charge < -0.3 is 15.5 Å². The number of hydrogen-bond donors (Lipinski definition) is 3. The summed E-state index contributed by atoms with van der Waals surface area (Å²) in [4.78, 5) is 25.1. The van der Waals surface area contributed by atoms with E-state index in [1.54, 1.807) is 0 Å². The number of sulfonamides is 1. The Morgan fingerprint density at radius 3 is 2.66 bits per heavy atom. The van der Waals surface area contributed by atoms with Crippen molar-refractivity contribution in [2.24, 2.45) is 5.14 Å². The van der Waals surface area contributed by atoms with Crippen molar-refractivity contribution in [3.05, 3.63) is 47.2 Å². The van der Waals surface area contributed by atoms with E-state index in [1.807, 2.05) is 18.2 Å². The average molecular weight is 482 g/mol. The van der Waals surface area contributed by atoms with Gasteiger partial charge in [0, 0.05) is 56.2 Å². The van der Waals surface area contributed by atoms with Gasteiger partial charge in [-0.25, -0.2) is 23.5 Å². The Kier molecular flexibility index (Phi) is 8.62. The van der Waals surface area contributed by atoms with Crippen LogP contribution >= 0.6 is 11.6 Å². The van der Waals surface area contributed by atoms with Gasteiger partial charge in [0.2, 0.25) is 16.0 Å². The van der Waals surface area contributed by atoms with Gasteiger partial charge in [0.1, 0.15) is 5.69 Å². The van der Waals surface area contributed by atoms with Gasteiger partial charge in [0.25, 0.3) is 5.91 Å². The molecule has 1 aliphatic heterocycles. The minimum Gasteiger partial charge on any atom is -0.369 e. The van der Waals surface area contributed by atoms with E-state index in [4.69, 9.17) is 16.7 Å². The number of aromatic nitrogens is 2. The first-order valence-corrected chi connectivity index (χ1v) is 12.5. The third-order valence-corrected chi connectivity index (χ3v) is 6.05. The number of carbonyl (C=O) groups is 1. The maximum Gasteiger partial charge on any atom is 0.270 e. The molecule has 4 N–H and O–H groups in total. The molecule has 3 rings (SSSR count). The molecule has 0 atom stereocenters. The quantitative estimate of drug-likeness (QED) is 0.424.